The van der Waals surface area contributed by atoms with Gasteiger partial charge in [-0.25, -0.2) is 4.79 Å². The van der Waals surface area contributed by atoms with E-state index in [-0.39, 0.29) is 6.61 Å². The second-order valence-electron chi connectivity index (χ2n) is 4.52. The third kappa shape index (κ3) is 2.97. The first-order chi connectivity index (χ1) is 8.12. The number of aliphatic hydroxyl groups excluding tert-OH is 1. The molecule has 17 heavy (non-hydrogen) atoms. The minimum Gasteiger partial charge on any atom is -0.445 e. The maximum absolute atomic E-state index is 11.5. The number of aliphatic hydroxyl groups is 1. The molecule has 1 aromatic carbocycles. The topological polar surface area (TPSA) is 58.6 Å². The molecule has 92 valence electrons. The molecule has 1 aromatic rings. The minimum atomic E-state index is -0.535. The number of hydrogen-bond donors (Lipinski definition) is 2. The maximum atomic E-state index is 11.5. The minimum absolute atomic E-state index is 0.253. The molecule has 0 heterocycles. The highest BCUT2D eigenvalue weighted by molar-refractivity contribution is 5.69. The second-order valence-corrected chi connectivity index (χ2v) is 4.52. The average molecular weight is 235 g/mol. The predicted molar refractivity (Wildman–Crippen MR) is 63.4 cm³/mol. The van der Waals surface area contributed by atoms with Crippen LogP contribution >= 0.6 is 0 Å². The molecule has 0 aliphatic heterocycles. The molecule has 2 N–H and O–H groups in total. The van der Waals surface area contributed by atoms with Crippen molar-refractivity contribution in [1.29, 1.82) is 0 Å². The molecule has 0 aromatic heterocycles. The molecule has 4 heteroatoms. The molecule has 4 nitrogen and oxygen atoms in total. The molecule has 0 spiro atoms. The smallest absolute Gasteiger partial charge is 0.407 e. The second kappa shape index (κ2) is 4.75. The van der Waals surface area contributed by atoms with Gasteiger partial charge in [0, 0.05) is 0 Å². The molecule has 0 bridgehead atoms. The van der Waals surface area contributed by atoms with Gasteiger partial charge in [0.05, 0.1) is 11.6 Å². The summed E-state index contributed by atoms with van der Waals surface area (Å²) in [5.74, 6) is 0. The van der Waals surface area contributed by atoms with Crippen molar-refractivity contribution in [3.63, 3.8) is 0 Å². The first-order valence-corrected chi connectivity index (χ1v) is 5.79. The molecular formula is C13H17NO3. The van der Waals surface area contributed by atoms with E-state index >= 15 is 0 Å². The van der Waals surface area contributed by atoms with Crippen LogP contribution in [0.3, 0.4) is 0 Å². The number of hydrogen-bond acceptors (Lipinski definition) is 3. The Balaban J connectivity index is 1.79. The Morgan fingerprint density at radius 2 is 2.12 bits per heavy atom. The third-order valence-electron chi connectivity index (χ3n) is 3.15. The van der Waals surface area contributed by atoms with Crippen molar-refractivity contribution < 1.29 is 14.6 Å². The normalized spacial score (nSPS) is 18.2. The van der Waals surface area contributed by atoms with Gasteiger partial charge in [0.15, 0.2) is 0 Å². The van der Waals surface area contributed by atoms with Crippen LogP contribution < -0.4 is 5.32 Å². The van der Waals surface area contributed by atoms with Crippen molar-refractivity contribution in [3.8, 4) is 0 Å². The van der Waals surface area contributed by atoms with Crippen molar-refractivity contribution in [1.82, 2.24) is 5.32 Å². The van der Waals surface area contributed by atoms with Gasteiger partial charge >= 0.3 is 6.09 Å². The van der Waals surface area contributed by atoms with Gasteiger partial charge in [-0.15, -0.1) is 0 Å². The van der Waals surface area contributed by atoms with E-state index in [1.165, 1.54) is 0 Å². The van der Waals surface area contributed by atoms with Gasteiger partial charge in [-0.2, -0.15) is 0 Å². The van der Waals surface area contributed by atoms with Crippen LogP contribution in [0, 0.1) is 0 Å². The first-order valence-electron chi connectivity index (χ1n) is 5.79. The molecule has 1 amide bonds. The number of ether oxygens (including phenoxy) is 1. The number of amides is 1. The zero-order valence-corrected chi connectivity index (χ0v) is 9.85. The van der Waals surface area contributed by atoms with Gasteiger partial charge < -0.3 is 15.2 Å². The van der Waals surface area contributed by atoms with Crippen LogP contribution in [0.4, 0.5) is 4.79 Å². The highest BCUT2D eigenvalue weighted by Crippen LogP contribution is 2.38. The van der Waals surface area contributed by atoms with E-state index in [1.54, 1.807) is 6.92 Å². The van der Waals surface area contributed by atoms with Gasteiger partial charge in [0.25, 0.3) is 0 Å². The zero-order chi connectivity index (χ0) is 12.3. The lowest BCUT2D eigenvalue weighted by Gasteiger charge is -2.19. The summed E-state index contributed by atoms with van der Waals surface area (Å²) in [5.41, 5.74) is 0.498. The lowest BCUT2D eigenvalue weighted by atomic mass is 10.1. The van der Waals surface area contributed by atoms with E-state index in [9.17, 15) is 9.90 Å². The summed E-state index contributed by atoms with van der Waals surface area (Å²) in [4.78, 5) is 11.5. The van der Waals surface area contributed by atoms with Gasteiger partial charge in [-0.3, -0.25) is 0 Å². The van der Waals surface area contributed by atoms with E-state index in [4.69, 9.17) is 4.74 Å². The number of rotatable bonds is 4. The van der Waals surface area contributed by atoms with Gasteiger partial charge in [0.2, 0.25) is 0 Å². The van der Waals surface area contributed by atoms with Crippen molar-refractivity contribution in [2.45, 2.75) is 38.0 Å². The third-order valence-corrected chi connectivity index (χ3v) is 3.15. The quantitative estimate of drug-likeness (QED) is 0.837. The molecule has 1 aliphatic rings. The molecular weight excluding hydrogens is 218 g/mol. The monoisotopic (exact) mass is 235 g/mol. The van der Waals surface area contributed by atoms with Crippen LogP contribution in [0.15, 0.2) is 30.3 Å². The summed E-state index contributed by atoms with van der Waals surface area (Å²) in [7, 11) is 0. The van der Waals surface area contributed by atoms with E-state index in [1.807, 2.05) is 30.3 Å². The Morgan fingerprint density at radius 1 is 1.47 bits per heavy atom. The Labute approximate surface area is 101 Å². The van der Waals surface area contributed by atoms with Crippen LogP contribution in [0.5, 0.6) is 0 Å². The van der Waals surface area contributed by atoms with Gasteiger partial charge in [0.1, 0.15) is 6.61 Å². The Morgan fingerprint density at radius 3 is 2.65 bits per heavy atom. The molecule has 0 saturated heterocycles. The fourth-order valence-corrected chi connectivity index (χ4v) is 1.74. The molecule has 0 radical (unpaired) electrons. The van der Waals surface area contributed by atoms with Crippen molar-refractivity contribution in [2.75, 3.05) is 0 Å². The van der Waals surface area contributed by atoms with E-state index < -0.39 is 17.7 Å². The lowest BCUT2D eigenvalue weighted by Crippen LogP contribution is -2.44. The van der Waals surface area contributed by atoms with E-state index in [0.29, 0.717) is 0 Å². The maximum Gasteiger partial charge on any atom is 0.407 e. The number of alkyl carbamates (subject to hydrolysis) is 1. The molecule has 1 fully saturated rings. The van der Waals surface area contributed by atoms with Crippen LogP contribution in [-0.4, -0.2) is 22.8 Å². The number of benzene rings is 1. The molecule has 1 saturated carbocycles. The molecule has 1 aliphatic carbocycles. The summed E-state index contributed by atoms with van der Waals surface area (Å²) in [6, 6.07) is 9.50. The van der Waals surface area contributed by atoms with Crippen molar-refractivity contribution >= 4 is 6.09 Å². The zero-order valence-electron chi connectivity index (χ0n) is 9.85. The molecule has 1 atom stereocenters. The summed E-state index contributed by atoms with van der Waals surface area (Å²) in [6.07, 6.45) is 0.620. The molecule has 2 rings (SSSR count). The van der Waals surface area contributed by atoms with Crippen LogP contribution in [0.2, 0.25) is 0 Å². The van der Waals surface area contributed by atoms with E-state index in [0.717, 1.165) is 18.4 Å². The van der Waals surface area contributed by atoms with Crippen LogP contribution in [0.1, 0.15) is 25.3 Å². The SMILES string of the molecule is CC(O)C1(NC(=O)OCc2ccccc2)CC1. The summed E-state index contributed by atoms with van der Waals surface area (Å²) >= 11 is 0. The first kappa shape index (κ1) is 11.9. The summed E-state index contributed by atoms with van der Waals surface area (Å²) in [6.45, 7) is 1.94. The average Bonchev–Trinajstić information content (AvgIpc) is 3.09. The van der Waals surface area contributed by atoms with Crippen LogP contribution in [0.25, 0.3) is 0 Å². The largest absolute Gasteiger partial charge is 0.445 e. The predicted octanol–water partition coefficient (Wildman–Crippen LogP) is 1.83. The molecule has 1 unspecified atom stereocenters. The van der Waals surface area contributed by atoms with Gasteiger partial charge in [-0.1, -0.05) is 30.3 Å². The van der Waals surface area contributed by atoms with Crippen molar-refractivity contribution in [3.05, 3.63) is 35.9 Å². The fourth-order valence-electron chi connectivity index (χ4n) is 1.74. The highest BCUT2D eigenvalue weighted by Gasteiger charge is 2.48. The highest BCUT2D eigenvalue weighted by atomic mass is 16.5. The standard InChI is InChI=1S/C13H17NO3/c1-10(15)13(7-8-13)14-12(16)17-9-11-5-3-2-4-6-11/h2-6,10,15H,7-9H2,1H3,(H,14,16). The number of carbonyl (C=O) groups excluding carboxylic acids is 1. The van der Waals surface area contributed by atoms with Crippen LogP contribution in [-0.2, 0) is 11.3 Å². The summed E-state index contributed by atoms with van der Waals surface area (Å²) < 4.78 is 5.09. The lowest BCUT2D eigenvalue weighted by molar-refractivity contribution is 0.102. The van der Waals surface area contributed by atoms with Gasteiger partial charge in [-0.05, 0) is 25.3 Å². The Bertz CT molecular complexity index is 385. The fraction of sp³-hybridized carbons (Fsp3) is 0.462. The summed E-state index contributed by atoms with van der Waals surface area (Å²) in [5, 5.41) is 12.2. The Kier molecular flexibility index (Phi) is 3.33. The van der Waals surface area contributed by atoms with E-state index in [2.05, 4.69) is 5.32 Å². The van der Waals surface area contributed by atoms with Crippen molar-refractivity contribution in [2.24, 2.45) is 0 Å². The number of nitrogens with one attached hydrogen (secondary N) is 1. The number of carbonyl (C=O) groups is 1. The Hall–Kier alpha value is -1.55.